The van der Waals surface area contributed by atoms with Gasteiger partial charge in [-0.2, -0.15) is 0 Å². The molecule has 0 spiro atoms. The van der Waals surface area contributed by atoms with Gasteiger partial charge in [-0.25, -0.2) is 21.1 Å². The zero-order chi connectivity index (χ0) is 24.8. The summed E-state index contributed by atoms with van der Waals surface area (Å²) < 4.78 is 60.7. The van der Waals surface area contributed by atoms with Gasteiger partial charge in [0.1, 0.15) is 18.1 Å². The largest absolute Gasteiger partial charge is 0.492 e. The van der Waals surface area contributed by atoms with E-state index in [-0.39, 0.29) is 24.0 Å². The van der Waals surface area contributed by atoms with Gasteiger partial charge in [-0.15, -0.1) is 0 Å². The molecule has 0 aliphatic heterocycles. The summed E-state index contributed by atoms with van der Waals surface area (Å²) in [5.41, 5.74) is 0.478. The van der Waals surface area contributed by atoms with E-state index in [2.05, 4.69) is 5.32 Å². The number of anilines is 1. The van der Waals surface area contributed by atoms with E-state index in [9.17, 15) is 21.6 Å². The number of sulfonamides is 2. The highest BCUT2D eigenvalue weighted by atomic mass is 32.2. The van der Waals surface area contributed by atoms with E-state index in [1.54, 1.807) is 43.3 Å². The maximum Gasteiger partial charge on any atom is 0.260 e. The third-order valence-electron chi connectivity index (χ3n) is 4.65. The Bertz CT molecular complexity index is 1150. The van der Waals surface area contributed by atoms with Gasteiger partial charge in [0.05, 0.1) is 23.4 Å². The molecule has 0 fully saturated rings. The normalized spacial score (nSPS) is 12.8. The molecule has 2 aromatic rings. The maximum atomic E-state index is 12.2. The molecule has 1 amide bonds. The Balaban J connectivity index is 1.79. The van der Waals surface area contributed by atoms with Crippen molar-refractivity contribution >= 4 is 31.6 Å². The molecule has 33 heavy (non-hydrogen) atoms. The molecule has 182 valence electrons. The quantitative estimate of drug-likeness (QED) is 0.462. The molecule has 0 aliphatic carbocycles. The SMILES string of the molecule is C[C@@H](Oc1ccc(N(C)S(C)(=O)=O)cc1)C(=O)NCCOc1ccc(S(=O)(=O)N(C)C)cc1. The summed E-state index contributed by atoms with van der Waals surface area (Å²) in [7, 11) is -2.50. The Morgan fingerprint density at radius 3 is 2.00 bits per heavy atom. The van der Waals surface area contributed by atoms with Gasteiger partial charge in [-0.3, -0.25) is 9.10 Å². The van der Waals surface area contributed by atoms with Gasteiger partial charge in [-0.1, -0.05) is 0 Å². The predicted octanol–water partition coefficient (Wildman–Crippen LogP) is 1.30. The minimum atomic E-state index is -3.50. The molecule has 0 radical (unpaired) electrons. The van der Waals surface area contributed by atoms with Crippen LogP contribution < -0.4 is 19.1 Å². The molecule has 0 aromatic heterocycles. The van der Waals surface area contributed by atoms with Gasteiger partial charge in [0.25, 0.3) is 5.91 Å². The molecule has 12 heteroatoms. The monoisotopic (exact) mass is 499 g/mol. The van der Waals surface area contributed by atoms with E-state index in [1.807, 2.05) is 0 Å². The minimum absolute atomic E-state index is 0.162. The van der Waals surface area contributed by atoms with E-state index < -0.39 is 26.2 Å². The zero-order valence-electron chi connectivity index (χ0n) is 19.2. The topological polar surface area (TPSA) is 122 Å². The molecule has 0 heterocycles. The van der Waals surface area contributed by atoms with E-state index in [4.69, 9.17) is 9.47 Å². The van der Waals surface area contributed by atoms with Crippen LogP contribution in [-0.2, 0) is 24.8 Å². The summed E-state index contributed by atoms with van der Waals surface area (Å²) in [6, 6.07) is 12.4. The number of hydrogen-bond donors (Lipinski definition) is 1. The van der Waals surface area contributed by atoms with Crippen LogP contribution in [0, 0.1) is 0 Å². The molecule has 0 bridgehead atoms. The number of ether oxygens (including phenoxy) is 2. The molecule has 0 unspecified atom stereocenters. The van der Waals surface area contributed by atoms with Crippen LogP contribution in [0.15, 0.2) is 53.4 Å². The van der Waals surface area contributed by atoms with E-state index in [0.717, 1.165) is 14.9 Å². The number of hydrogen-bond acceptors (Lipinski definition) is 7. The molecule has 2 aromatic carbocycles. The molecule has 10 nitrogen and oxygen atoms in total. The highest BCUT2D eigenvalue weighted by Gasteiger charge is 2.17. The third kappa shape index (κ3) is 7.34. The van der Waals surface area contributed by atoms with Crippen LogP contribution in [0.25, 0.3) is 0 Å². The van der Waals surface area contributed by atoms with Crippen LogP contribution in [0.4, 0.5) is 5.69 Å². The van der Waals surface area contributed by atoms with Gasteiger partial charge in [0, 0.05) is 21.1 Å². The highest BCUT2D eigenvalue weighted by molar-refractivity contribution is 7.92. The van der Waals surface area contributed by atoms with Gasteiger partial charge in [0.15, 0.2) is 6.10 Å². The Kier molecular flexibility index (Phi) is 8.69. The van der Waals surface area contributed by atoms with Gasteiger partial charge >= 0.3 is 0 Å². The summed E-state index contributed by atoms with van der Waals surface area (Å²) in [5, 5.41) is 2.69. The molecular formula is C21H29N3O7S2. The van der Waals surface area contributed by atoms with Crippen LogP contribution in [0.2, 0.25) is 0 Å². The molecule has 1 N–H and O–H groups in total. The van der Waals surface area contributed by atoms with Crippen LogP contribution >= 0.6 is 0 Å². The Morgan fingerprint density at radius 2 is 1.48 bits per heavy atom. The number of nitrogens with one attached hydrogen (secondary N) is 1. The summed E-state index contributed by atoms with van der Waals surface area (Å²) >= 11 is 0. The number of nitrogens with zero attached hydrogens (tertiary/aromatic N) is 2. The van der Waals surface area contributed by atoms with Crippen LogP contribution in [0.5, 0.6) is 11.5 Å². The molecular weight excluding hydrogens is 470 g/mol. The fraction of sp³-hybridized carbons (Fsp3) is 0.381. The number of rotatable bonds is 11. The summed E-state index contributed by atoms with van der Waals surface area (Å²) in [4.78, 5) is 12.4. The Hall–Kier alpha value is -2.83. The molecule has 2 rings (SSSR count). The average Bonchev–Trinajstić information content (AvgIpc) is 2.76. The number of amides is 1. The van der Waals surface area contributed by atoms with Crippen molar-refractivity contribution in [3.05, 3.63) is 48.5 Å². The fourth-order valence-electron chi connectivity index (χ4n) is 2.59. The summed E-state index contributed by atoms with van der Waals surface area (Å²) in [5.74, 6) is 0.557. The number of carbonyl (C=O) groups is 1. The van der Waals surface area contributed by atoms with Crippen molar-refractivity contribution in [3.63, 3.8) is 0 Å². The van der Waals surface area contributed by atoms with E-state index >= 15 is 0 Å². The molecule has 1 atom stereocenters. The smallest absolute Gasteiger partial charge is 0.260 e. The lowest BCUT2D eigenvalue weighted by Crippen LogP contribution is -2.38. The third-order valence-corrected chi connectivity index (χ3v) is 7.69. The maximum absolute atomic E-state index is 12.2. The van der Waals surface area contributed by atoms with E-state index in [1.165, 1.54) is 33.3 Å². The zero-order valence-corrected chi connectivity index (χ0v) is 20.8. The first-order chi connectivity index (χ1) is 15.3. The van der Waals surface area contributed by atoms with Gasteiger partial charge in [-0.05, 0) is 55.5 Å². The molecule has 0 saturated carbocycles. The van der Waals surface area contributed by atoms with Gasteiger partial charge in [0.2, 0.25) is 20.0 Å². The standard InChI is InChI=1S/C21H29N3O7S2/c1-16(31-19-8-6-17(7-9-19)24(4)32(5,26)27)21(25)22-14-15-30-18-10-12-20(13-11-18)33(28,29)23(2)3/h6-13,16H,14-15H2,1-5H3,(H,22,25)/t16-/m1/s1. The van der Waals surface area contributed by atoms with Crippen molar-refractivity contribution in [3.8, 4) is 11.5 Å². The van der Waals surface area contributed by atoms with Crippen molar-refractivity contribution < 1.29 is 31.1 Å². The second kappa shape index (κ2) is 10.9. The van der Waals surface area contributed by atoms with E-state index in [0.29, 0.717) is 17.2 Å². The Morgan fingerprint density at radius 1 is 0.939 bits per heavy atom. The van der Waals surface area contributed by atoms with Crippen molar-refractivity contribution in [1.82, 2.24) is 9.62 Å². The molecule has 0 saturated heterocycles. The second-order valence-corrected chi connectivity index (χ2v) is 11.5. The van der Waals surface area contributed by atoms with Crippen molar-refractivity contribution in [2.45, 2.75) is 17.9 Å². The lowest BCUT2D eigenvalue weighted by atomic mass is 10.3. The summed E-state index contributed by atoms with van der Waals surface area (Å²) in [6.07, 6.45) is 0.331. The first-order valence-corrected chi connectivity index (χ1v) is 13.2. The van der Waals surface area contributed by atoms with Crippen LogP contribution in [-0.4, -0.2) is 73.7 Å². The Labute approximate surface area is 195 Å². The highest BCUT2D eigenvalue weighted by Crippen LogP contribution is 2.21. The van der Waals surface area contributed by atoms with Gasteiger partial charge < -0.3 is 14.8 Å². The lowest BCUT2D eigenvalue weighted by molar-refractivity contribution is -0.127. The van der Waals surface area contributed by atoms with Crippen molar-refractivity contribution in [1.29, 1.82) is 0 Å². The number of carbonyl (C=O) groups excluding carboxylic acids is 1. The summed E-state index contributed by atoms with van der Waals surface area (Å²) in [6.45, 7) is 2.00. The first kappa shape index (κ1) is 26.4. The minimum Gasteiger partial charge on any atom is -0.492 e. The fourth-order valence-corrected chi connectivity index (χ4v) is 4.00. The predicted molar refractivity (Wildman–Crippen MR) is 126 cm³/mol. The second-order valence-electron chi connectivity index (χ2n) is 7.38. The van der Waals surface area contributed by atoms with Crippen molar-refractivity contribution in [2.75, 3.05) is 44.9 Å². The molecule has 0 aliphatic rings. The lowest BCUT2D eigenvalue weighted by Gasteiger charge is -2.18. The first-order valence-electron chi connectivity index (χ1n) is 9.96. The van der Waals surface area contributed by atoms with Crippen molar-refractivity contribution in [2.24, 2.45) is 0 Å². The average molecular weight is 500 g/mol. The van der Waals surface area contributed by atoms with Crippen LogP contribution in [0.1, 0.15) is 6.92 Å². The number of benzene rings is 2. The van der Waals surface area contributed by atoms with Crippen LogP contribution in [0.3, 0.4) is 0 Å².